The van der Waals surface area contributed by atoms with E-state index in [4.69, 9.17) is 5.73 Å². The minimum absolute atomic E-state index is 0.303. The molecule has 5 heteroatoms. The topological polar surface area (TPSA) is 51.8 Å². The molecule has 0 aromatic carbocycles. The van der Waals surface area contributed by atoms with E-state index in [-0.39, 0.29) is 0 Å². The van der Waals surface area contributed by atoms with Crippen LogP contribution in [0.15, 0.2) is 22.0 Å². The summed E-state index contributed by atoms with van der Waals surface area (Å²) in [7, 11) is 0. The first-order valence-corrected chi connectivity index (χ1v) is 7.52. The average Bonchev–Trinajstić information content (AvgIpc) is 2.75. The summed E-state index contributed by atoms with van der Waals surface area (Å²) in [6.45, 7) is 4.79. The Hall–Kier alpha value is -0.780. The van der Waals surface area contributed by atoms with Gasteiger partial charge in [-0.15, -0.1) is 11.3 Å². The van der Waals surface area contributed by atoms with Crippen molar-refractivity contribution in [3.63, 3.8) is 0 Å². The number of nitrogens with zero attached hydrogens (tertiary/aromatic N) is 2. The molecular formula is C13H16BrN3S. The first-order chi connectivity index (χ1) is 8.60. The Bertz CT molecular complexity index is 539. The van der Waals surface area contributed by atoms with Crippen LogP contribution in [0.5, 0.6) is 0 Å². The van der Waals surface area contributed by atoms with E-state index in [1.165, 1.54) is 0 Å². The molecule has 2 rings (SSSR count). The molecule has 0 saturated carbocycles. The molecule has 1 unspecified atom stereocenters. The predicted octanol–water partition coefficient (Wildman–Crippen LogP) is 3.73. The van der Waals surface area contributed by atoms with Gasteiger partial charge >= 0.3 is 0 Å². The Kier molecular flexibility index (Phi) is 4.48. The highest BCUT2D eigenvalue weighted by molar-refractivity contribution is 9.11. The van der Waals surface area contributed by atoms with Crippen LogP contribution >= 0.6 is 27.3 Å². The van der Waals surface area contributed by atoms with Crippen molar-refractivity contribution < 1.29 is 0 Å². The average molecular weight is 326 g/mol. The van der Waals surface area contributed by atoms with Crippen LogP contribution in [-0.2, 0) is 0 Å². The van der Waals surface area contributed by atoms with Crippen molar-refractivity contribution in [3.05, 3.63) is 33.5 Å². The van der Waals surface area contributed by atoms with Crippen LogP contribution in [0, 0.1) is 6.92 Å². The second-order valence-electron chi connectivity index (χ2n) is 4.33. The molecule has 0 aliphatic carbocycles. The SMILES string of the molecule is Cc1cc(-c2ccc(Br)s2)nc(C(C)CCN)n1. The number of hydrogen-bond acceptors (Lipinski definition) is 4. The lowest BCUT2D eigenvalue weighted by molar-refractivity contribution is 0.645. The highest BCUT2D eigenvalue weighted by Crippen LogP contribution is 2.31. The van der Waals surface area contributed by atoms with Crippen molar-refractivity contribution >= 4 is 27.3 Å². The Morgan fingerprint density at radius 2 is 2.17 bits per heavy atom. The number of hydrogen-bond donors (Lipinski definition) is 1. The summed E-state index contributed by atoms with van der Waals surface area (Å²) >= 11 is 5.16. The lowest BCUT2D eigenvalue weighted by Crippen LogP contribution is -2.08. The van der Waals surface area contributed by atoms with E-state index in [0.717, 1.165) is 32.3 Å². The Labute approximate surface area is 120 Å². The summed E-state index contributed by atoms with van der Waals surface area (Å²) < 4.78 is 1.12. The summed E-state index contributed by atoms with van der Waals surface area (Å²) in [5.74, 6) is 1.19. The second-order valence-corrected chi connectivity index (χ2v) is 6.80. The fourth-order valence-corrected chi connectivity index (χ4v) is 3.12. The Morgan fingerprint density at radius 1 is 1.39 bits per heavy atom. The zero-order valence-electron chi connectivity index (χ0n) is 10.5. The first-order valence-electron chi connectivity index (χ1n) is 5.91. The molecule has 2 N–H and O–H groups in total. The van der Waals surface area contributed by atoms with Crippen molar-refractivity contribution in [2.45, 2.75) is 26.2 Å². The van der Waals surface area contributed by atoms with Gasteiger partial charge < -0.3 is 5.73 Å². The van der Waals surface area contributed by atoms with Crippen LogP contribution in [0.25, 0.3) is 10.6 Å². The van der Waals surface area contributed by atoms with Crippen LogP contribution in [-0.4, -0.2) is 16.5 Å². The van der Waals surface area contributed by atoms with Crippen LogP contribution in [0.1, 0.15) is 30.8 Å². The molecule has 0 aliphatic rings. The van der Waals surface area contributed by atoms with Crippen molar-refractivity contribution in [1.82, 2.24) is 9.97 Å². The minimum Gasteiger partial charge on any atom is -0.330 e. The largest absolute Gasteiger partial charge is 0.330 e. The maximum Gasteiger partial charge on any atom is 0.132 e. The van der Waals surface area contributed by atoms with Gasteiger partial charge in [0.05, 0.1) is 14.4 Å². The molecule has 0 spiro atoms. The van der Waals surface area contributed by atoms with Gasteiger partial charge in [0.2, 0.25) is 0 Å². The molecule has 18 heavy (non-hydrogen) atoms. The summed E-state index contributed by atoms with van der Waals surface area (Å²) in [5, 5.41) is 0. The molecule has 1 atom stereocenters. The van der Waals surface area contributed by atoms with E-state index in [0.29, 0.717) is 12.5 Å². The highest BCUT2D eigenvalue weighted by atomic mass is 79.9. The lowest BCUT2D eigenvalue weighted by atomic mass is 10.1. The third kappa shape index (κ3) is 3.16. The van der Waals surface area contributed by atoms with Crippen molar-refractivity contribution in [1.29, 1.82) is 0 Å². The van der Waals surface area contributed by atoms with Gasteiger partial charge in [-0.3, -0.25) is 0 Å². The Morgan fingerprint density at radius 3 is 2.78 bits per heavy atom. The van der Waals surface area contributed by atoms with Crippen LogP contribution in [0.2, 0.25) is 0 Å². The van der Waals surface area contributed by atoms with Crippen LogP contribution in [0.4, 0.5) is 0 Å². The molecule has 0 saturated heterocycles. The van der Waals surface area contributed by atoms with E-state index in [2.05, 4.69) is 38.9 Å². The summed E-state index contributed by atoms with van der Waals surface area (Å²) in [5.41, 5.74) is 7.60. The monoisotopic (exact) mass is 325 g/mol. The molecule has 96 valence electrons. The van der Waals surface area contributed by atoms with Crippen molar-refractivity contribution in [3.8, 4) is 10.6 Å². The van der Waals surface area contributed by atoms with Gasteiger partial charge in [-0.1, -0.05) is 6.92 Å². The molecule has 0 bridgehead atoms. The smallest absolute Gasteiger partial charge is 0.132 e. The van der Waals surface area contributed by atoms with E-state index in [1.807, 2.05) is 19.1 Å². The van der Waals surface area contributed by atoms with Crippen molar-refractivity contribution in [2.24, 2.45) is 5.73 Å². The third-order valence-corrected chi connectivity index (χ3v) is 4.38. The number of aryl methyl sites for hydroxylation is 1. The van der Waals surface area contributed by atoms with Gasteiger partial charge in [0, 0.05) is 11.6 Å². The predicted molar refractivity (Wildman–Crippen MR) is 79.9 cm³/mol. The van der Waals surface area contributed by atoms with Gasteiger partial charge in [0.1, 0.15) is 5.82 Å². The minimum atomic E-state index is 0.303. The number of rotatable bonds is 4. The normalized spacial score (nSPS) is 12.7. The van der Waals surface area contributed by atoms with Gasteiger partial charge in [0.25, 0.3) is 0 Å². The zero-order valence-corrected chi connectivity index (χ0v) is 12.9. The van der Waals surface area contributed by atoms with Gasteiger partial charge in [0.15, 0.2) is 0 Å². The molecule has 0 radical (unpaired) electrons. The number of thiophene rings is 1. The van der Waals surface area contributed by atoms with E-state index < -0.39 is 0 Å². The molecular weight excluding hydrogens is 310 g/mol. The molecule has 0 fully saturated rings. The highest BCUT2D eigenvalue weighted by Gasteiger charge is 2.12. The number of nitrogens with two attached hydrogens (primary N) is 1. The number of halogens is 1. The van der Waals surface area contributed by atoms with E-state index >= 15 is 0 Å². The van der Waals surface area contributed by atoms with E-state index in [1.54, 1.807) is 11.3 Å². The lowest BCUT2D eigenvalue weighted by Gasteiger charge is -2.10. The summed E-state index contributed by atoms with van der Waals surface area (Å²) in [4.78, 5) is 10.3. The maximum absolute atomic E-state index is 5.60. The summed E-state index contributed by atoms with van der Waals surface area (Å²) in [6.07, 6.45) is 0.914. The fraction of sp³-hybridized carbons (Fsp3) is 0.385. The van der Waals surface area contributed by atoms with E-state index in [9.17, 15) is 0 Å². The molecule has 3 nitrogen and oxygen atoms in total. The maximum atomic E-state index is 5.60. The standard InChI is InChI=1S/C13H16BrN3S/c1-8(5-6-15)13-16-9(2)7-10(17-13)11-3-4-12(14)18-11/h3-4,7-8H,5-6,15H2,1-2H3. The quantitative estimate of drug-likeness (QED) is 0.931. The summed E-state index contributed by atoms with van der Waals surface area (Å²) in [6, 6.07) is 6.14. The van der Waals surface area contributed by atoms with Crippen LogP contribution in [0.3, 0.4) is 0 Å². The molecule has 2 aromatic heterocycles. The van der Waals surface area contributed by atoms with Gasteiger partial charge in [-0.2, -0.15) is 0 Å². The molecule has 2 aromatic rings. The van der Waals surface area contributed by atoms with Gasteiger partial charge in [-0.05, 0) is 54.0 Å². The zero-order chi connectivity index (χ0) is 13.1. The third-order valence-electron chi connectivity index (χ3n) is 2.74. The fourth-order valence-electron chi connectivity index (χ4n) is 1.77. The Balaban J connectivity index is 2.37. The van der Waals surface area contributed by atoms with Gasteiger partial charge in [-0.25, -0.2) is 9.97 Å². The molecule has 0 amide bonds. The molecule has 2 heterocycles. The van der Waals surface area contributed by atoms with Crippen molar-refractivity contribution in [2.75, 3.05) is 6.54 Å². The second kappa shape index (κ2) is 5.91. The molecule has 0 aliphatic heterocycles. The number of aromatic nitrogens is 2. The van der Waals surface area contributed by atoms with Crippen LogP contribution < -0.4 is 5.73 Å². The first kappa shape index (κ1) is 13.6.